The summed E-state index contributed by atoms with van der Waals surface area (Å²) >= 11 is 0. The third-order valence-corrected chi connectivity index (χ3v) is 8.92. The van der Waals surface area contributed by atoms with Crippen LogP contribution in [0.15, 0.2) is 60.7 Å². The average molecular weight is 592 g/mol. The molecule has 0 fully saturated rings. The Bertz CT molecular complexity index is 1220. The molecule has 2 aromatic rings. The normalized spacial score (nSPS) is 25.9. The summed E-state index contributed by atoms with van der Waals surface area (Å²) in [5.41, 5.74) is 3.23. The number of carbonyl (C=O) groups excluding carboxylic acids is 2. The van der Waals surface area contributed by atoms with E-state index in [0.717, 1.165) is 54.5 Å². The van der Waals surface area contributed by atoms with E-state index in [1.54, 1.807) is 19.1 Å². The molecule has 8 nitrogen and oxygen atoms in total. The molecule has 0 aromatic heterocycles. The smallest absolute Gasteiger partial charge is 0.243 e. The number of hydrogen-bond donors (Lipinski definition) is 3. The molecule has 2 bridgehead atoms. The van der Waals surface area contributed by atoms with Crippen LogP contribution in [0.25, 0.3) is 0 Å². The highest BCUT2D eigenvalue weighted by molar-refractivity contribution is 5.88. The van der Waals surface area contributed by atoms with Crippen LogP contribution in [0.4, 0.5) is 0 Å². The van der Waals surface area contributed by atoms with E-state index in [0.29, 0.717) is 19.4 Å². The first kappa shape index (κ1) is 32.7. The van der Waals surface area contributed by atoms with Crippen molar-refractivity contribution in [2.24, 2.45) is 5.92 Å². The lowest BCUT2D eigenvalue weighted by Gasteiger charge is -2.32. The molecule has 43 heavy (non-hydrogen) atoms. The van der Waals surface area contributed by atoms with E-state index >= 15 is 0 Å². The number of ether oxygens (including phenoxy) is 2. The summed E-state index contributed by atoms with van der Waals surface area (Å²) in [6.07, 6.45) is 7.99. The number of benzene rings is 2. The molecule has 234 valence electrons. The maximum Gasteiger partial charge on any atom is 0.243 e. The van der Waals surface area contributed by atoms with Gasteiger partial charge in [-0.05, 0) is 60.9 Å². The van der Waals surface area contributed by atoms with Crippen LogP contribution in [0.3, 0.4) is 0 Å². The molecular weight excluding hydrogens is 542 g/mol. The van der Waals surface area contributed by atoms with Crippen molar-refractivity contribution in [2.45, 2.75) is 89.1 Å². The quantitative estimate of drug-likeness (QED) is 0.360. The fourth-order valence-electron chi connectivity index (χ4n) is 6.23. The SMILES string of the molecule is CCCCC(CC)C(=O)N(C)[C@@H]1C/C=C/CO[C@H]2C[C@@H](NC[C@@H](O)[C@H](Cc3ccccc3)NC1=O)c1cc(OC)ccc12. The topological polar surface area (TPSA) is 100 Å². The molecule has 0 radical (unpaired) electrons. The number of hydrogen-bond acceptors (Lipinski definition) is 6. The Labute approximate surface area is 256 Å². The van der Waals surface area contributed by atoms with Crippen LogP contribution in [0.1, 0.15) is 81.2 Å². The van der Waals surface area contributed by atoms with E-state index < -0.39 is 18.2 Å². The van der Waals surface area contributed by atoms with Gasteiger partial charge in [-0.2, -0.15) is 0 Å². The highest BCUT2D eigenvalue weighted by Gasteiger charge is 2.35. The Hall–Kier alpha value is -3.20. The van der Waals surface area contributed by atoms with Crippen molar-refractivity contribution >= 4 is 11.8 Å². The third-order valence-electron chi connectivity index (χ3n) is 8.92. The molecule has 1 heterocycles. The fraction of sp³-hybridized carbons (Fsp3) is 0.543. The van der Waals surface area contributed by atoms with Gasteiger partial charge in [0.05, 0.1) is 32.0 Å². The van der Waals surface area contributed by atoms with Gasteiger partial charge in [-0.25, -0.2) is 0 Å². The monoisotopic (exact) mass is 591 g/mol. The van der Waals surface area contributed by atoms with E-state index in [2.05, 4.69) is 23.6 Å². The fourth-order valence-corrected chi connectivity index (χ4v) is 6.23. The molecule has 0 spiro atoms. The van der Waals surface area contributed by atoms with E-state index in [9.17, 15) is 14.7 Å². The lowest BCUT2D eigenvalue weighted by Crippen LogP contribution is -2.55. The highest BCUT2D eigenvalue weighted by atomic mass is 16.5. The van der Waals surface area contributed by atoms with Crippen LogP contribution in [-0.4, -0.2) is 67.3 Å². The summed E-state index contributed by atoms with van der Waals surface area (Å²) in [5.74, 6) is 0.383. The van der Waals surface area contributed by atoms with Gasteiger partial charge in [-0.3, -0.25) is 9.59 Å². The van der Waals surface area contributed by atoms with Gasteiger partial charge in [-0.15, -0.1) is 0 Å². The number of β-amino-alcohol motifs (C(OH)–C–C–N with tert-alkyl or cyclic N) is 1. The van der Waals surface area contributed by atoms with Gasteiger partial charge in [0.1, 0.15) is 11.8 Å². The lowest BCUT2D eigenvalue weighted by molar-refractivity contribution is -0.142. The summed E-state index contributed by atoms with van der Waals surface area (Å²) in [6, 6.07) is 14.6. The van der Waals surface area contributed by atoms with Crippen LogP contribution >= 0.6 is 0 Å². The first-order valence-electron chi connectivity index (χ1n) is 15.8. The molecule has 3 N–H and O–H groups in total. The second-order valence-corrected chi connectivity index (χ2v) is 11.8. The van der Waals surface area contributed by atoms with Crippen LogP contribution < -0.4 is 15.4 Å². The number of aliphatic hydroxyl groups excluding tert-OH is 1. The van der Waals surface area contributed by atoms with Crippen molar-refractivity contribution in [3.8, 4) is 5.75 Å². The molecule has 4 rings (SSSR count). The molecule has 2 aromatic carbocycles. The molecular formula is C35H49N3O5. The summed E-state index contributed by atoms with van der Waals surface area (Å²) in [5, 5.41) is 18.2. The summed E-state index contributed by atoms with van der Waals surface area (Å²) in [4.78, 5) is 29.1. The average Bonchev–Trinajstić information content (AvgIpc) is 3.37. The van der Waals surface area contributed by atoms with Gasteiger partial charge in [0.2, 0.25) is 11.8 Å². The molecule has 2 aliphatic rings. The number of nitrogens with zero attached hydrogens (tertiary/aromatic N) is 1. The lowest BCUT2D eigenvalue weighted by atomic mass is 9.96. The molecule has 2 amide bonds. The van der Waals surface area contributed by atoms with Crippen LogP contribution in [-0.2, 0) is 20.7 Å². The van der Waals surface area contributed by atoms with E-state index in [-0.39, 0.29) is 36.4 Å². The Morgan fingerprint density at radius 2 is 1.93 bits per heavy atom. The van der Waals surface area contributed by atoms with Crippen molar-refractivity contribution in [2.75, 3.05) is 27.3 Å². The zero-order valence-corrected chi connectivity index (χ0v) is 26.1. The van der Waals surface area contributed by atoms with Crippen molar-refractivity contribution in [1.82, 2.24) is 15.5 Å². The summed E-state index contributed by atoms with van der Waals surface area (Å²) < 4.78 is 11.8. The van der Waals surface area contributed by atoms with Gasteiger partial charge in [0.15, 0.2) is 0 Å². The standard InChI is InChI=1S/C35H49N3O5/c1-5-7-15-25(6-2)35(41)38(3)31-16-11-12-19-43-33-22-29(28-21-26(42-4)17-18-27(28)33)36-23-32(39)30(37-34(31)40)20-24-13-9-8-10-14-24/h8-14,17-18,21,25,29-33,36,39H,5-7,15-16,19-20,22-23H2,1-4H3,(H,37,40)/b12-11+/t25?,29-,30+,31-,32-,33+/m1/s1. The number of aliphatic hydroxyl groups is 1. The molecule has 0 saturated heterocycles. The molecule has 0 saturated carbocycles. The number of methoxy groups -OCH3 is 1. The molecule has 1 unspecified atom stereocenters. The van der Waals surface area contributed by atoms with Gasteiger partial charge >= 0.3 is 0 Å². The maximum absolute atomic E-state index is 13.9. The van der Waals surface area contributed by atoms with Crippen molar-refractivity contribution < 1.29 is 24.2 Å². The number of carbonyl (C=O) groups is 2. The first-order chi connectivity index (χ1) is 20.9. The minimum atomic E-state index is -0.867. The number of rotatable bonds is 9. The zero-order chi connectivity index (χ0) is 30.8. The van der Waals surface area contributed by atoms with Crippen LogP contribution in [0, 0.1) is 5.92 Å². The van der Waals surface area contributed by atoms with Crippen molar-refractivity contribution in [3.63, 3.8) is 0 Å². The number of nitrogens with one attached hydrogen (secondary N) is 2. The Kier molecular flexibility index (Phi) is 12.2. The van der Waals surface area contributed by atoms with E-state index in [4.69, 9.17) is 9.47 Å². The second kappa shape index (κ2) is 16.0. The molecule has 1 aliphatic carbocycles. The van der Waals surface area contributed by atoms with Crippen LogP contribution in [0.2, 0.25) is 0 Å². The van der Waals surface area contributed by atoms with Gasteiger partial charge < -0.3 is 30.1 Å². The largest absolute Gasteiger partial charge is 0.497 e. The number of amides is 2. The Morgan fingerprint density at radius 3 is 2.65 bits per heavy atom. The Morgan fingerprint density at radius 1 is 1.14 bits per heavy atom. The highest BCUT2D eigenvalue weighted by Crippen LogP contribution is 2.42. The Balaban J connectivity index is 1.62. The van der Waals surface area contributed by atoms with Crippen molar-refractivity contribution in [1.29, 1.82) is 0 Å². The maximum atomic E-state index is 13.9. The van der Waals surface area contributed by atoms with Crippen molar-refractivity contribution in [3.05, 3.63) is 77.4 Å². The molecule has 1 aliphatic heterocycles. The minimum absolute atomic E-state index is 0.00941. The van der Waals surface area contributed by atoms with Crippen LogP contribution in [0.5, 0.6) is 5.75 Å². The number of unbranched alkanes of at least 4 members (excludes halogenated alkanes) is 1. The predicted octanol–water partition coefficient (Wildman–Crippen LogP) is 4.88. The number of fused-ring (bicyclic) bond motifs is 5. The number of likely N-dealkylation sites (N-methyl/N-ethyl adjacent to an activating group) is 1. The van der Waals surface area contributed by atoms with E-state index in [1.807, 2.05) is 61.5 Å². The second-order valence-electron chi connectivity index (χ2n) is 11.8. The predicted molar refractivity (Wildman–Crippen MR) is 169 cm³/mol. The summed E-state index contributed by atoms with van der Waals surface area (Å²) in [6.45, 7) is 4.82. The summed E-state index contributed by atoms with van der Waals surface area (Å²) in [7, 11) is 3.39. The van der Waals surface area contributed by atoms with Gasteiger partial charge in [-0.1, -0.05) is 75.2 Å². The third kappa shape index (κ3) is 8.46. The molecule has 6 atom stereocenters. The molecule has 8 heteroatoms. The van der Waals surface area contributed by atoms with E-state index in [1.165, 1.54) is 0 Å². The van der Waals surface area contributed by atoms with Gasteiger partial charge in [0.25, 0.3) is 0 Å². The zero-order valence-electron chi connectivity index (χ0n) is 26.1. The minimum Gasteiger partial charge on any atom is -0.497 e. The first-order valence-corrected chi connectivity index (χ1v) is 15.8. The van der Waals surface area contributed by atoms with Gasteiger partial charge in [0, 0.05) is 25.6 Å².